The molecule has 1 aliphatic heterocycles. The van der Waals surface area contributed by atoms with Crippen LogP contribution in [0.15, 0.2) is 42.6 Å². The van der Waals surface area contributed by atoms with Crippen LogP contribution in [-0.2, 0) is 13.0 Å². The number of fused-ring (bicyclic) bond motifs is 1. The Morgan fingerprint density at radius 3 is 2.85 bits per heavy atom. The normalized spacial score (nSPS) is 16.8. The van der Waals surface area contributed by atoms with Gasteiger partial charge in [0.25, 0.3) is 0 Å². The summed E-state index contributed by atoms with van der Waals surface area (Å²) in [7, 11) is 0. The van der Waals surface area contributed by atoms with Crippen molar-refractivity contribution in [3.63, 3.8) is 0 Å². The molecule has 2 aromatic heterocycles. The molecule has 2 amide bonds. The molecule has 1 N–H and O–H groups in total. The fraction of sp³-hybridized carbons (Fsp3) is 0.381. The summed E-state index contributed by atoms with van der Waals surface area (Å²) in [6.07, 6.45) is 3.69. The van der Waals surface area contributed by atoms with E-state index in [9.17, 15) is 4.79 Å². The monoisotopic (exact) mass is 363 g/mol. The number of benzene rings is 1. The summed E-state index contributed by atoms with van der Waals surface area (Å²) < 4.78 is 2.18. The zero-order valence-electron chi connectivity index (χ0n) is 15.9. The standard InChI is InChI=1S/C21H25N5O/c1-3-26-19(24-18-5-4-11-22-20(18)26)13-16-10-12-25(14-16)21(27)23-17-8-6-15(2)7-9-17/h4-9,11,16H,3,10,12-14H2,1-2H3,(H,23,27)/t16-/m1/s1. The Balaban J connectivity index is 1.41. The van der Waals surface area contributed by atoms with Gasteiger partial charge in [0, 0.05) is 37.9 Å². The van der Waals surface area contributed by atoms with Gasteiger partial charge in [0.05, 0.1) is 0 Å². The van der Waals surface area contributed by atoms with Crippen molar-refractivity contribution < 1.29 is 4.79 Å². The molecule has 1 fully saturated rings. The molecule has 1 atom stereocenters. The Kier molecular flexibility index (Phi) is 4.79. The Bertz CT molecular complexity index is 947. The molecule has 3 heterocycles. The van der Waals surface area contributed by atoms with Gasteiger partial charge in [0.2, 0.25) is 0 Å². The van der Waals surface area contributed by atoms with E-state index < -0.39 is 0 Å². The molecule has 0 spiro atoms. The van der Waals surface area contributed by atoms with Gasteiger partial charge in [0.1, 0.15) is 11.3 Å². The van der Waals surface area contributed by atoms with E-state index in [2.05, 4.69) is 21.8 Å². The molecule has 6 nitrogen and oxygen atoms in total. The van der Waals surface area contributed by atoms with Crippen LogP contribution in [0.1, 0.15) is 24.7 Å². The van der Waals surface area contributed by atoms with Crippen LogP contribution in [0.4, 0.5) is 10.5 Å². The molecule has 140 valence electrons. The third-order valence-electron chi connectivity index (χ3n) is 5.25. The lowest BCUT2D eigenvalue weighted by Crippen LogP contribution is -2.33. The van der Waals surface area contributed by atoms with Crippen LogP contribution in [0.3, 0.4) is 0 Å². The second-order valence-corrected chi connectivity index (χ2v) is 7.22. The highest BCUT2D eigenvalue weighted by atomic mass is 16.2. The summed E-state index contributed by atoms with van der Waals surface area (Å²) in [5.41, 5.74) is 3.92. The van der Waals surface area contributed by atoms with E-state index in [1.165, 1.54) is 5.56 Å². The molecule has 6 heteroatoms. The van der Waals surface area contributed by atoms with Crippen LogP contribution in [0.25, 0.3) is 11.2 Å². The number of urea groups is 1. The van der Waals surface area contributed by atoms with Gasteiger partial charge in [-0.05, 0) is 50.5 Å². The van der Waals surface area contributed by atoms with Gasteiger partial charge in [-0.3, -0.25) is 0 Å². The number of aryl methyl sites for hydroxylation is 2. The first kappa shape index (κ1) is 17.5. The number of carbonyl (C=O) groups is 1. The number of carbonyl (C=O) groups excluding carboxylic acids is 1. The molecule has 1 aliphatic rings. The Labute approximate surface area is 159 Å². The molecular formula is C21H25N5O. The fourth-order valence-electron chi connectivity index (χ4n) is 3.77. The van der Waals surface area contributed by atoms with Gasteiger partial charge in [-0.25, -0.2) is 14.8 Å². The number of amides is 2. The van der Waals surface area contributed by atoms with E-state index in [-0.39, 0.29) is 6.03 Å². The van der Waals surface area contributed by atoms with Crippen LogP contribution in [0, 0.1) is 12.8 Å². The van der Waals surface area contributed by atoms with Gasteiger partial charge >= 0.3 is 6.03 Å². The van der Waals surface area contributed by atoms with Crippen molar-refractivity contribution in [2.75, 3.05) is 18.4 Å². The molecular weight excluding hydrogens is 338 g/mol. The largest absolute Gasteiger partial charge is 0.324 e. The summed E-state index contributed by atoms with van der Waals surface area (Å²) in [5.74, 6) is 1.49. The number of nitrogens with one attached hydrogen (secondary N) is 1. The number of aromatic nitrogens is 3. The molecule has 1 saturated heterocycles. The minimum Gasteiger partial charge on any atom is -0.324 e. The minimum absolute atomic E-state index is 0.0213. The second kappa shape index (κ2) is 7.39. The molecule has 0 radical (unpaired) electrons. The van der Waals surface area contributed by atoms with Crippen molar-refractivity contribution in [2.45, 2.75) is 33.2 Å². The van der Waals surface area contributed by atoms with Gasteiger partial charge < -0.3 is 14.8 Å². The number of hydrogen-bond acceptors (Lipinski definition) is 3. The number of hydrogen-bond donors (Lipinski definition) is 1. The Morgan fingerprint density at radius 2 is 2.07 bits per heavy atom. The molecule has 0 unspecified atom stereocenters. The zero-order valence-corrected chi connectivity index (χ0v) is 15.9. The number of rotatable bonds is 4. The first-order valence-electron chi connectivity index (χ1n) is 9.56. The van der Waals surface area contributed by atoms with Crippen molar-refractivity contribution in [3.8, 4) is 0 Å². The van der Waals surface area contributed by atoms with Crippen molar-refractivity contribution >= 4 is 22.9 Å². The zero-order chi connectivity index (χ0) is 18.8. The quantitative estimate of drug-likeness (QED) is 0.766. The van der Waals surface area contributed by atoms with E-state index in [1.54, 1.807) is 0 Å². The van der Waals surface area contributed by atoms with Gasteiger partial charge in [-0.15, -0.1) is 0 Å². The van der Waals surface area contributed by atoms with Gasteiger partial charge in [-0.1, -0.05) is 17.7 Å². The molecule has 0 saturated carbocycles. The molecule has 27 heavy (non-hydrogen) atoms. The third kappa shape index (κ3) is 3.65. The average molecular weight is 363 g/mol. The van der Waals surface area contributed by atoms with E-state index in [0.717, 1.165) is 55.2 Å². The third-order valence-corrected chi connectivity index (χ3v) is 5.25. The van der Waals surface area contributed by atoms with Crippen LogP contribution in [0.2, 0.25) is 0 Å². The van der Waals surface area contributed by atoms with Crippen molar-refractivity contribution in [2.24, 2.45) is 5.92 Å². The van der Waals surface area contributed by atoms with Crippen molar-refractivity contribution in [3.05, 3.63) is 54.0 Å². The second-order valence-electron chi connectivity index (χ2n) is 7.22. The number of likely N-dealkylation sites (tertiary alicyclic amines) is 1. The Hall–Kier alpha value is -2.89. The Morgan fingerprint density at radius 1 is 1.26 bits per heavy atom. The predicted molar refractivity (Wildman–Crippen MR) is 107 cm³/mol. The molecule has 4 rings (SSSR count). The van der Waals surface area contributed by atoms with Crippen LogP contribution < -0.4 is 5.32 Å². The smallest absolute Gasteiger partial charge is 0.321 e. The number of imidazole rings is 1. The predicted octanol–water partition coefficient (Wildman–Crippen LogP) is 3.86. The highest BCUT2D eigenvalue weighted by Crippen LogP contribution is 2.23. The lowest BCUT2D eigenvalue weighted by Gasteiger charge is -2.17. The lowest BCUT2D eigenvalue weighted by molar-refractivity contribution is 0.220. The summed E-state index contributed by atoms with van der Waals surface area (Å²) in [6.45, 7) is 6.56. The molecule has 1 aromatic carbocycles. The molecule has 3 aromatic rings. The summed E-state index contributed by atoms with van der Waals surface area (Å²) in [4.78, 5) is 23.7. The van der Waals surface area contributed by atoms with Crippen molar-refractivity contribution in [1.29, 1.82) is 0 Å². The summed E-state index contributed by atoms with van der Waals surface area (Å²) in [6, 6.07) is 11.8. The van der Waals surface area contributed by atoms with E-state index >= 15 is 0 Å². The van der Waals surface area contributed by atoms with Crippen LogP contribution in [-0.4, -0.2) is 38.6 Å². The number of anilines is 1. The van der Waals surface area contributed by atoms with Gasteiger partial charge in [0.15, 0.2) is 5.65 Å². The molecule has 0 aliphatic carbocycles. The topological polar surface area (TPSA) is 63.1 Å². The van der Waals surface area contributed by atoms with Crippen LogP contribution >= 0.6 is 0 Å². The van der Waals surface area contributed by atoms with Gasteiger partial charge in [-0.2, -0.15) is 0 Å². The van der Waals surface area contributed by atoms with Crippen molar-refractivity contribution in [1.82, 2.24) is 19.4 Å². The number of pyridine rings is 1. The summed E-state index contributed by atoms with van der Waals surface area (Å²) >= 11 is 0. The first-order chi connectivity index (χ1) is 13.1. The maximum Gasteiger partial charge on any atom is 0.321 e. The minimum atomic E-state index is -0.0213. The first-order valence-corrected chi connectivity index (χ1v) is 9.56. The SMILES string of the molecule is CCn1c(C[C@H]2CCN(C(=O)Nc3ccc(C)cc3)C2)nc2cccnc21. The lowest BCUT2D eigenvalue weighted by atomic mass is 10.0. The maximum atomic E-state index is 12.5. The van der Waals surface area contributed by atoms with Crippen LogP contribution in [0.5, 0.6) is 0 Å². The average Bonchev–Trinajstić information content (AvgIpc) is 3.28. The highest BCUT2D eigenvalue weighted by Gasteiger charge is 2.28. The molecule has 0 bridgehead atoms. The fourth-order valence-corrected chi connectivity index (χ4v) is 3.77. The highest BCUT2D eigenvalue weighted by molar-refractivity contribution is 5.89. The van der Waals surface area contributed by atoms with E-state index in [4.69, 9.17) is 4.98 Å². The van der Waals surface area contributed by atoms with E-state index in [1.807, 2.05) is 54.4 Å². The number of nitrogens with zero attached hydrogens (tertiary/aromatic N) is 4. The van der Waals surface area contributed by atoms with E-state index in [0.29, 0.717) is 5.92 Å². The maximum absolute atomic E-state index is 12.5. The summed E-state index contributed by atoms with van der Waals surface area (Å²) in [5, 5.41) is 3.00.